The molecule has 0 bridgehead atoms. The van der Waals surface area contributed by atoms with Crippen LogP contribution >= 0.6 is 0 Å². The van der Waals surface area contributed by atoms with E-state index in [1.807, 2.05) is 13.0 Å². The molecule has 0 aliphatic rings. The van der Waals surface area contributed by atoms with Crippen LogP contribution in [-0.4, -0.2) is 29.0 Å². The maximum atomic E-state index is 11.6. The van der Waals surface area contributed by atoms with Crippen LogP contribution in [0.1, 0.15) is 48.5 Å². The zero-order valence-corrected chi connectivity index (χ0v) is 15.9. The van der Waals surface area contributed by atoms with E-state index in [1.165, 1.54) is 0 Å². The van der Waals surface area contributed by atoms with Gasteiger partial charge in [-0.3, -0.25) is 15.5 Å². The van der Waals surface area contributed by atoms with Crippen LogP contribution in [0.4, 0.5) is 4.79 Å². The van der Waals surface area contributed by atoms with E-state index < -0.39 is 28.2 Å². The summed E-state index contributed by atoms with van der Waals surface area (Å²) in [6, 6.07) is 0. The number of nitrogens with zero attached hydrogens (tertiary/aromatic N) is 1. The van der Waals surface area contributed by atoms with E-state index in [9.17, 15) is 14.9 Å². The Labute approximate surface area is 148 Å². The van der Waals surface area contributed by atoms with E-state index >= 15 is 0 Å². The fraction of sp³-hybridized carbons (Fsp3) is 0.529. The maximum absolute atomic E-state index is 11.6. The molecule has 0 heterocycles. The van der Waals surface area contributed by atoms with Crippen molar-refractivity contribution in [2.24, 2.45) is 5.73 Å². The topological polar surface area (TPSA) is 131 Å². The number of hydrogen-bond donors (Lipinski definition) is 3. The quantitative estimate of drug-likeness (QED) is 0.222. The lowest BCUT2D eigenvalue weighted by atomic mass is 10.00. The minimum Gasteiger partial charge on any atom is -0.444 e. The lowest BCUT2D eigenvalue weighted by Gasteiger charge is -2.19. The predicted molar refractivity (Wildman–Crippen MR) is 98.0 cm³/mol. The Morgan fingerprint density at radius 2 is 1.76 bits per heavy atom. The Kier molecular flexibility index (Phi) is 8.05. The average molecular weight is 352 g/mol. The van der Waals surface area contributed by atoms with Gasteiger partial charge in [0.05, 0.1) is 4.92 Å². The van der Waals surface area contributed by atoms with Gasteiger partial charge in [0.25, 0.3) is 0 Å². The third-order valence-corrected chi connectivity index (χ3v) is 3.32. The molecule has 0 atom stereocenters. The molecule has 8 heteroatoms. The van der Waals surface area contributed by atoms with Gasteiger partial charge in [0, 0.05) is 12.1 Å². The van der Waals surface area contributed by atoms with Crippen molar-refractivity contribution in [1.82, 2.24) is 5.32 Å². The molecule has 0 aliphatic heterocycles. The Hall–Kier alpha value is -2.64. The van der Waals surface area contributed by atoms with Gasteiger partial charge in [-0.1, -0.05) is 11.6 Å². The van der Waals surface area contributed by atoms with Gasteiger partial charge in [-0.05, 0) is 59.6 Å². The molecule has 8 nitrogen and oxygen atoms in total. The van der Waals surface area contributed by atoms with Crippen molar-refractivity contribution >= 4 is 11.9 Å². The van der Waals surface area contributed by atoms with Crippen LogP contribution in [0.25, 0.3) is 0 Å². The Morgan fingerprint density at radius 3 is 2.16 bits per heavy atom. The third kappa shape index (κ3) is 8.14. The van der Waals surface area contributed by atoms with Gasteiger partial charge in [0.1, 0.15) is 5.60 Å². The predicted octanol–water partition coefficient (Wildman–Crippen LogP) is 3.28. The lowest BCUT2D eigenvalue weighted by Crippen LogP contribution is -2.33. The summed E-state index contributed by atoms with van der Waals surface area (Å²) in [7, 11) is 0. The van der Waals surface area contributed by atoms with Crippen molar-refractivity contribution in [3.8, 4) is 0 Å². The fourth-order valence-electron chi connectivity index (χ4n) is 1.97. The number of nitrogens with one attached hydrogen (secondary N) is 2. The molecule has 1 amide bonds. The molecule has 0 fully saturated rings. The summed E-state index contributed by atoms with van der Waals surface area (Å²) in [5, 5.41) is 21.0. The van der Waals surface area contributed by atoms with Gasteiger partial charge in [-0.2, -0.15) is 0 Å². The van der Waals surface area contributed by atoms with E-state index in [2.05, 4.69) is 5.32 Å². The highest BCUT2D eigenvalue weighted by Crippen LogP contribution is 2.20. The number of nitro groups is 1. The first kappa shape index (κ1) is 22.4. The number of allylic oxidation sites excluding steroid dienone is 4. The summed E-state index contributed by atoms with van der Waals surface area (Å²) in [6.07, 6.45) is 1.30. The van der Waals surface area contributed by atoms with Crippen molar-refractivity contribution in [2.45, 2.75) is 54.1 Å². The zero-order valence-electron chi connectivity index (χ0n) is 15.9. The molecule has 0 saturated carbocycles. The van der Waals surface area contributed by atoms with E-state index in [0.717, 1.165) is 11.1 Å². The average Bonchev–Trinajstić information content (AvgIpc) is 2.41. The summed E-state index contributed by atoms with van der Waals surface area (Å²) in [6.45, 7) is 12.5. The van der Waals surface area contributed by atoms with E-state index in [4.69, 9.17) is 15.9 Å². The highest BCUT2D eigenvalue weighted by atomic mass is 16.6. The van der Waals surface area contributed by atoms with Crippen LogP contribution in [0.2, 0.25) is 0 Å². The van der Waals surface area contributed by atoms with Crippen LogP contribution in [0.5, 0.6) is 0 Å². The molecule has 140 valence electrons. The number of nitrogens with two attached hydrogens (primary N) is 1. The van der Waals surface area contributed by atoms with Crippen molar-refractivity contribution in [3.63, 3.8) is 0 Å². The number of carbonyl (C=O) groups is 1. The van der Waals surface area contributed by atoms with Gasteiger partial charge in [-0.25, -0.2) is 4.79 Å². The molecule has 4 N–H and O–H groups in total. The maximum Gasteiger partial charge on any atom is 0.407 e. The largest absolute Gasteiger partial charge is 0.444 e. The monoisotopic (exact) mass is 352 g/mol. The first-order valence-electron chi connectivity index (χ1n) is 7.77. The van der Waals surface area contributed by atoms with Gasteiger partial charge in [-0.15, -0.1) is 0 Å². The normalized spacial score (nSPS) is 14.3. The molecule has 0 spiro atoms. The number of rotatable bonds is 6. The SMILES string of the molecule is CC(=C(\C(=N)N)[N+](=O)[O-])/C(C)=C(C)/C=C(\C)CNC(=O)OC(C)(C)C. The Bertz CT molecular complexity index is 636. The summed E-state index contributed by atoms with van der Waals surface area (Å²) in [4.78, 5) is 22.0. The molecule has 0 aliphatic carbocycles. The minimum atomic E-state index is -0.658. The molecular weight excluding hydrogens is 324 g/mol. The second-order valence-electron chi connectivity index (χ2n) is 6.80. The molecule has 0 aromatic carbocycles. The number of hydrogen-bond acceptors (Lipinski definition) is 5. The molecule has 0 saturated heterocycles. The summed E-state index contributed by atoms with van der Waals surface area (Å²) >= 11 is 0. The smallest absolute Gasteiger partial charge is 0.407 e. The van der Waals surface area contributed by atoms with E-state index in [0.29, 0.717) is 11.1 Å². The highest BCUT2D eigenvalue weighted by Gasteiger charge is 2.20. The Morgan fingerprint density at radius 1 is 1.24 bits per heavy atom. The molecule has 25 heavy (non-hydrogen) atoms. The minimum absolute atomic E-state index is 0.289. The first-order chi connectivity index (χ1) is 11.3. The molecule has 0 rings (SSSR count). The van der Waals surface area contributed by atoms with Crippen molar-refractivity contribution < 1.29 is 14.5 Å². The van der Waals surface area contributed by atoms with Gasteiger partial charge in [0.15, 0.2) is 5.84 Å². The summed E-state index contributed by atoms with van der Waals surface area (Å²) in [5.41, 5.74) is 6.93. The van der Waals surface area contributed by atoms with Crippen LogP contribution in [0.3, 0.4) is 0 Å². The third-order valence-electron chi connectivity index (χ3n) is 3.32. The molecular formula is C17H28N4O4. The summed E-state index contributed by atoms with van der Waals surface area (Å²) < 4.78 is 5.15. The van der Waals surface area contributed by atoms with Crippen LogP contribution in [0.15, 0.2) is 34.1 Å². The highest BCUT2D eigenvalue weighted by molar-refractivity contribution is 5.93. The van der Waals surface area contributed by atoms with E-state index in [1.54, 1.807) is 41.5 Å². The second kappa shape index (κ2) is 9.00. The molecule has 0 aromatic rings. The Balaban J connectivity index is 5.28. The molecule has 0 aromatic heterocycles. The van der Waals surface area contributed by atoms with Crippen molar-refractivity contribution in [3.05, 3.63) is 44.2 Å². The van der Waals surface area contributed by atoms with Crippen LogP contribution in [-0.2, 0) is 4.74 Å². The van der Waals surface area contributed by atoms with E-state index in [-0.39, 0.29) is 6.54 Å². The lowest BCUT2D eigenvalue weighted by molar-refractivity contribution is -0.416. The molecule has 0 radical (unpaired) electrons. The van der Waals surface area contributed by atoms with Crippen molar-refractivity contribution in [1.29, 1.82) is 5.41 Å². The second-order valence-corrected chi connectivity index (χ2v) is 6.80. The number of alkyl carbamates (subject to hydrolysis) is 1. The first-order valence-corrected chi connectivity index (χ1v) is 7.77. The number of amides is 1. The standard InChI is InChI=1S/C17H28N4O4/c1-10(9-20-16(22)25-17(5,6)7)8-11(2)12(3)13(4)14(15(18)19)21(23)24/h8H,9H2,1-7H3,(H3,18,19)(H,20,22)/b10-8+,12-11+,14-13-. The van der Waals surface area contributed by atoms with Crippen LogP contribution in [0, 0.1) is 15.5 Å². The van der Waals surface area contributed by atoms with Crippen molar-refractivity contribution in [2.75, 3.05) is 6.54 Å². The van der Waals surface area contributed by atoms with Gasteiger partial charge >= 0.3 is 11.8 Å². The van der Waals surface area contributed by atoms with Gasteiger partial charge in [0.2, 0.25) is 0 Å². The zero-order chi connectivity index (χ0) is 19.9. The molecule has 0 unspecified atom stereocenters. The number of carbonyl (C=O) groups excluding carboxylic acids is 1. The number of ether oxygens (including phenoxy) is 1. The fourth-order valence-corrected chi connectivity index (χ4v) is 1.97. The van der Waals surface area contributed by atoms with Gasteiger partial charge < -0.3 is 15.8 Å². The van der Waals surface area contributed by atoms with Crippen LogP contribution < -0.4 is 11.1 Å². The summed E-state index contributed by atoms with van der Waals surface area (Å²) in [5.74, 6) is -0.582. The number of amidine groups is 1.